The molecular weight excluding hydrogens is 564 g/mol. The van der Waals surface area contributed by atoms with E-state index in [0.717, 1.165) is 53.6 Å². The molecule has 0 N–H and O–H groups in total. The van der Waals surface area contributed by atoms with Crippen LogP contribution in [0.1, 0.15) is 43.0 Å². The maximum Gasteiger partial charge on any atom is 0.318 e. The fraction of sp³-hybridized carbons (Fsp3) is 0.514. The van der Waals surface area contributed by atoms with Crippen LogP contribution in [0.5, 0.6) is 6.01 Å². The fourth-order valence-corrected chi connectivity index (χ4v) is 7.04. The van der Waals surface area contributed by atoms with Gasteiger partial charge in [0.1, 0.15) is 18.5 Å². The van der Waals surface area contributed by atoms with Crippen LogP contribution in [0.4, 0.5) is 11.5 Å². The third-order valence-corrected chi connectivity index (χ3v) is 10.1. The smallest absolute Gasteiger partial charge is 0.318 e. The number of benzene rings is 1. The molecule has 1 saturated heterocycles. The van der Waals surface area contributed by atoms with E-state index in [1.165, 1.54) is 36.3 Å². The van der Waals surface area contributed by atoms with Crippen molar-refractivity contribution < 1.29 is 9.53 Å². The summed E-state index contributed by atoms with van der Waals surface area (Å²) < 4.78 is 6.29. The molecule has 1 aliphatic carbocycles. The molecule has 0 radical (unpaired) electrons. The molecule has 2 aromatic heterocycles. The van der Waals surface area contributed by atoms with Gasteiger partial charge in [-0.05, 0) is 57.7 Å². The van der Waals surface area contributed by atoms with E-state index in [4.69, 9.17) is 21.3 Å². The summed E-state index contributed by atoms with van der Waals surface area (Å²) in [5.41, 5.74) is 4.40. The van der Waals surface area contributed by atoms with Gasteiger partial charge in [-0.2, -0.15) is 9.97 Å². The second kappa shape index (κ2) is 13.4. The van der Waals surface area contributed by atoms with Crippen LogP contribution in [0.15, 0.2) is 43.2 Å². The molecule has 2 fully saturated rings. The van der Waals surface area contributed by atoms with E-state index < -0.39 is 0 Å². The third-order valence-electron chi connectivity index (χ3n) is 10.1. The van der Waals surface area contributed by atoms with E-state index in [0.29, 0.717) is 44.8 Å². The minimum absolute atomic E-state index is 0.132. The van der Waals surface area contributed by atoms with Gasteiger partial charge in [-0.25, -0.2) is 6.57 Å². The molecule has 0 bridgehead atoms. The molecule has 236 valence electrons. The first-order valence-corrected chi connectivity index (χ1v) is 16.2. The number of aryl methyl sites for hydroxylation is 1. The second-order valence-electron chi connectivity index (χ2n) is 12.7. The van der Waals surface area contributed by atoms with E-state index in [9.17, 15) is 4.79 Å². The summed E-state index contributed by atoms with van der Waals surface area (Å²) in [6.07, 6.45) is 9.96. The Bertz CT molecular complexity index is 1590. The molecule has 2 aliphatic heterocycles. The van der Waals surface area contributed by atoms with Crippen molar-refractivity contribution in [2.75, 3.05) is 62.7 Å². The van der Waals surface area contributed by atoms with Crippen molar-refractivity contribution in [2.24, 2.45) is 5.92 Å². The number of aromatic nitrogens is 3. The van der Waals surface area contributed by atoms with Crippen molar-refractivity contribution in [1.29, 1.82) is 0 Å². The maximum atomic E-state index is 12.6. The van der Waals surface area contributed by atoms with Gasteiger partial charge in [-0.1, -0.05) is 31.2 Å². The normalized spacial score (nSPS) is 19.2. The quantitative estimate of drug-likeness (QED) is 0.246. The van der Waals surface area contributed by atoms with E-state index in [1.54, 1.807) is 4.90 Å². The first kappa shape index (κ1) is 30.8. The number of carbonyl (C=O) groups excluding carboxylic acids is 1. The van der Waals surface area contributed by atoms with Gasteiger partial charge in [-0.15, -0.1) is 0 Å². The van der Waals surface area contributed by atoms with Gasteiger partial charge >= 0.3 is 6.01 Å². The van der Waals surface area contributed by atoms with Crippen LogP contribution in [-0.2, 0) is 17.8 Å². The molecule has 3 aromatic rings. The van der Waals surface area contributed by atoms with Crippen LogP contribution in [0.25, 0.3) is 15.6 Å². The van der Waals surface area contributed by atoms with E-state index in [2.05, 4.69) is 70.2 Å². The zero-order valence-electron chi connectivity index (χ0n) is 26.8. The van der Waals surface area contributed by atoms with Crippen molar-refractivity contribution >= 4 is 28.2 Å². The Labute approximate surface area is 266 Å². The third kappa shape index (κ3) is 6.32. The van der Waals surface area contributed by atoms with Crippen LogP contribution in [0, 0.1) is 19.4 Å². The van der Waals surface area contributed by atoms with Crippen LogP contribution in [-0.4, -0.2) is 95.7 Å². The molecule has 3 aliphatic rings. The number of ether oxygens (including phenoxy) is 1. The number of rotatable bonds is 10. The average Bonchev–Trinajstić information content (AvgIpc) is 3.03. The lowest BCUT2D eigenvalue weighted by molar-refractivity contribution is -0.128. The lowest BCUT2D eigenvalue weighted by Crippen LogP contribution is -2.56. The Hall–Kier alpha value is -4.23. The summed E-state index contributed by atoms with van der Waals surface area (Å²) in [4.78, 5) is 39.5. The zero-order valence-corrected chi connectivity index (χ0v) is 26.8. The number of anilines is 2. The van der Waals surface area contributed by atoms with Crippen molar-refractivity contribution in [2.45, 2.75) is 58.2 Å². The molecule has 6 rings (SSSR count). The summed E-state index contributed by atoms with van der Waals surface area (Å²) in [5.74, 6) is 1.50. The highest BCUT2D eigenvalue weighted by Crippen LogP contribution is 2.35. The number of hydrogen-bond acceptors (Lipinski definition) is 8. The number of carbonyl (C=O) groups is 1. The fourth-order valence-electron chi connectivity index (χ4n) is 7.04. The molecule has 0 unspecified atom stereocenters. The minimum Gasteiger partial charge on any atom is -0.462 e. The lowest BCUT2D eigenvalue weighted by atomic mass is 9.80. The molecule has 4 heterocycles. The largest absolute Gasteiger partial charge is 0.462 e. The molecule has 45 heavy (non-hydrogen) atoms. The van der Waals surface area contributed by atoms with E-state index in [1.807, 2.05) is 12.4 Å². The molecule has 0 spiro atoms. The molecule has 2 atom stereocenters. The number of amides is 1. The molecule has 10 nitrogen and oxygen atoms in total. The van der Waals surface area contributed by atoms with Crippen LogP contribution in [0.2, 0.25) is 0 Å². The summed E-state index contributed by atoms with van der Waals surface area (Å²) in [6.45, 7) is 20.3. The van der Waals surface area contributed by atoms with Crippen molar-refractivity contribution in [3.63, 3.8) is 0 Å². The molecular formula is C35H44N8O2. The number of likely N-dealkylation sites (N-methyl/N-ethyl adjacent to an activating group) is 1. The monoisotopic (exact) mass is 608 g/mol. The van der Waals surface area contributed by atoms with Crippen LogP contribution < -0.4 is 14.5 Å². The van der Waals surface area contributed by atoms with Gasteiger partial charge in [0.15, 0.2) is 0 Å². The second-order valence-corrected chi connectivity index (χ2v) is 12.7. The predicted molar refractivity (Wildman–Crippen MR) is 178 cm³/mol. The topological polar surface area (TPSA) is 82.3 Å². The highest BCUT2D eigenvalue weighted by Gasteiger charge is 2.35. The first-order chi connectivity index (χ1) is 21.9. The number of nitrogens with zero attached hydrogens (tertiary/aromatic N) is 8. The van der Waals surface area contributed by atoms with Crippen molar-refractivity contribution in [3.8, 4) is 6.01 Å². The van der Waals surface area contributed by atoms with Gasteiger partial charge in [0.2, 0.25) is 12.5 Å². The minimum atomic E-state index is -0.233. The first-order valence-electron chi connectivity index (χ1n) is 16.2. The zero-order chi connectivity index (χ0) is 31.5. The van der Waals surface area contributed by atoms with E-state index in [-0.39, 0.29) is 18.5 Å². The van der Waals surface area contributed by atoms with Gasteiger partial charge in [0, 0.05) is 61.3 Å². The SMILES string of the molecule is [C-]#[N+]C[C@H]1CN(c2nc(OCCN(C)[C@H](C)C3CCC3)nc3c2CCN(c2cncc4cccc(C)c24)C3)CCN1C(=O)C=C. The summed E-state index contributed by atoms with van der Waals surface area (Å²) >= 11 is 0. The summed E-state index contributed by atoms with van der Waals surface area (Å²) in [7, 11) is 2.17. The Morgan fingerprint density at radius 1 is 1.22 bits per heavy atom. The summed E-state index contributed by atoms with van der Waals surface area (Å²) in [6, 6.07) is 7.02. The number of hydrogen-bond donors (Lipinski definition) is 0. The molecule has 1 aromatic carbocycles. The highest BCUT2D eigenvalue weighted by atomic mass is 16.5. The molecule has 1 saturated carbocycles. The standard InChI is InChI=1S/C35H44N8O2/c1-6-32(44)43-16-15-42(22-28(43)20-36-4)34-29-13-14-41(31-21-37-19-27-12-7-9-24(2)33(27)31)23-30(29)38-35(39-34)45-18-17-40(5)25(3)26-10-8-11-26/h6-7,9,12,19,21,25-26,28H,1,8,10-11,13-18,20,22-23H2,2-3,5H3/t25-,28+/m1/s1. The molecule has 10 heteroatoms. The highest BCUT2D eigenvalue weighted by molar-refractivity contribution is 5.96. The van der Waals surface area contributed by atoms with Gasteiger partial charge in [0.05, 0.1) is 24.1 Å². The van der Waals surface area contributed by atoms with Crippen molar-refractivity contribution in [1.82, 2.24) is 24.8 Å². The van der Waals surface area contributed by atoms with Gasteiger partial charge in [0.25, 0.3) is 0 Å². The van der Waals surface area contributed by atoms with Crippen LogP contribution >= 0.6 is 0 Å². The Morgan fingerprint density at radius 2 is 2.07 bits per heavy atom. The summed E-state index contributed by atoms with van der Waals surface area (Å²) in [5, 5.41) is 2.35. The van der Waals surface area contributed by atoms with E-state index >= 15 is 0 Å². The van der Waals surface area contributed by atoms with Crippen LogP contribution in [0.3, 0.4) is 0 Å². The lowest BCUT2D eigenvalue weighted by Gasteiger charge is -2.41. The number of pyridine rings is 1. The van der Waals surface area contributed by atoms with Gasteiger partial charge in [-0.3, -0.25) is 9.78 Å². The average molecular weight is 609 g/mol. The Morgan fingerprint density at radius 3 is 2.82 bits per heavy atom. The predicted octanol–water partition coefficient (Wildman–Crippen LogP) is 4.52. The van der Waals surface area contributed by atoms with Crippen molar-refractivity contribution in [3.05, 3.63) is 71.5 Å². The molecule has 1 amide bonds. The number of piperazine rings is 1. The number of fused-ring (bicyclic) bond motifs is 2. The Balaban J connectivity index is 1.29. The van der Waals surface area contributed by atoms with Gasteiger partial charge < -0.3 is 29.2 Å². The Kier molecular flexibility index (Phi) is 9.17. The maximum absolute atomic E-state index is 12.6.